The Morgan fingerprint density at radius 1 is 1.13 bits per heavy atom. The fourth-order valence-electron chi connectivity index (χ4n) is 5.91. The standard InChI is InChI=1S/C22H24FN3O4/c23-16-1-3-17(4-2-16)30-20-8-19(24-21(28)25-20)29-12-18(27)26-22-9-13-5-14(10-22)7-15(6-13)11-22/h1-4,8,13-15H,5-7,9-12H2,(H,26,27)(H,24,25,28). The summed E-state index contributed by atoms with van der Waals surface area (Å²) in [4.78, 5) is 30.6. The second-order valence-corrected chi connectivity index (χ2v) is 8.98. The van der Waals surface area contributed by atoms with Crippen LogP contribution in [0.4, 0.5) is 4.39 Å². The molecule has 0 spiro atoms. The molecule has 1 amide bonds. The quantitative estimate of drug-likeness (QED) is 0.759. The van der Waals surface area contributed by atoms with Gasteiger partial charge in [-0.05, 0) is 80.5 Å². The number of hydrogen-bond donors (Lipinski definition) is 2. The molecule has 4 saturated carbocycles. The molecule has 7 nitrogen and oxygen atoms in total. The van der Waals surface area contributed by atoms with Gasteiger partial charge in [-0.25, -0.2) is 9.18 Å². The van der Waals surface area contributed by atoms with E-state index in [1.54, 1.807) is 0 Å². The molecule has 0 unspecified atom stereocenters. The summed E-state index contributed by atoms with van der Waals surface area (Å²) in [5.74, 6) is 2.06. The number of carbonyl (C=O) groups is 1. The highest BCUT2D eigenvalue weighted by Crippen LogP contribution is 2.55. The van der Waals surface area contributed by atoms with Crippen molar-refractivity contribution in [1.29, 1.82) is 0 Å². The zero-order valence-corrected chi connectivity index (χ0v) is 16.5. The molecule has 4 fully saturated rings. The number of hydrogen-bond acceptors (Lipinski definition) is 5. The molecule has 1 heterocycles. The van der Waals surface area contributed by atoms with Crippen molar-refractivity contribution in [2.75, 3.05) is 6.61 Å². The lowest BCUT2D eigenvalue weighted by molar-refractivity contribution is -0.128. The molecule has 4 bridgehead atoms. The molecule has 2 aromatic rings. The molecule has 6 rings (SSSR count). The first kappa shape index (κ1) is 19.1. The van der Waals surface area contributed by atoms with Gasteiger partial charge >= 0.3 is 5.69 Å². The van der Waals surface area contributed by atoms with Gasteiger partial charge in [-0.3, -0.25) is 9.78 Å². The molecule has 2 N–H and O–H groups in total. The van der Waals surface area contributed by atoms with Gasteiger partial charge in [-0.15, -0.1) is 0 Å². The van der Waals surface area contributed by atoms with Crippen LogP contribution in [-0.4, -0.2) is 28.0 Å². The zero-order chi connectivity index (χ0) is 20.7. The van der Waals surface area contributed by atoms with E-state index in [0.29, 0.717) is 5.75 Å². The van der Waals surface area contributed by atoms with Gasteiger partial charge in [0.05, 0.1) is 6.07 Å². The fourth-order valence-corrected chi connectivity index (χ4v) is 5.91. The van der Waals surface area contributed by atoms with E-state index in [-0.39, 0.29) is 35.6 Å². The van der Waals surface area contributed by atoms with Crippen LogP contribution in [-0.2, 0) is 4.79 Å². The Kier molecular flexibility index (Phi) is 4.72. The van der Waals surface area contributed by atoms with Crippen molar-refractivity contribution >= 4 is 5.91 Å². The predicted octanol–water partition coefficient (Wildman–Crippen LogP) is 3.17. The van der Waals surface area contributed by atoms with E-state index in [0.717, 1.165) is 37.0 Å². The van der Waals surface area contributed by atoms with Crippen molar-refractivity contribution in [3.8, 4) is 17.5 Å². The van der Waals surface area contributed by atoms with Gasteiger partial charge in [0.15, 0.2) is 6.61 Å². The van der Waals surface area contributed by atoms with Crippen LogP contribution in [0.25, 0.3) is 0 Å². The number of carbonyl (C=O) groups excluding carboxylic acids is 1. The van der Waals surface area contributed by atoms with Gasteiger partial charge in [-0.2, -0.15) is 4.98 Å². The SMILES string of the molecule is O=C(COc1cc(Oc2ccc(F)cc2)[nH]c(=O)n1)NC12CC3CC(CC(C3)C1)C2. The first-order chi connectivity index (χ1) is 14.4. The van der Waals surface area contributed by atoms with Crippen LogP contribution < -0.4 is 20.5 Å². The summed E-state index contributed by atoms with van der Waals surface area (Å²) in [6.07, 6.45) is 7.09. The molecule has 4 aliphatic rings. The highest BCUT2D eigenvalue weighted by atomic mass is 19.1. The van der Waals surface area contributed by atoms with Crippen LogP contribution >= 0.6 is 0 Å². The first-order valence-electron chi connectivity index (χ1n) is 10.4. The predicted molar refractivity (Wildman–Crippen MR) is 106 cm³/mol. The largest absolute Gasteiger partial charge is 0.467 e. The minimum absolute atomic E-state index is 0.00322. The Morgan fingerprint density at radius 2 is 1.77 bits per heavy atom. The van der Waals surface area contributed by atoms with E-state index >= 15 is 0 Å². The molecule has 0 atom stereocenters. The minimum Gasteiger partial charge on any atom is -0.467 e. The molecular weight excluding hydrogens is 389 g/mol. The topological polar surface area (TPSA) is 93.3 Å². The molecule has 158 valence electrons. The number of aromatic amines is 1. The Bertz CT molecular complexity index is 969. The molecular formula is C22H24FN3O4. The summed E-state index contributed by atoms with van der Waals surface area (Å²) in [6.45, 7) is -0.214. The third kappa shape index (κ3) is 4.04. The van der Waals surface area contributed by atoms with E-state index in [4.69, 9.17) is 9.47 Å². The molecule has 0 saturated heterocycles. The second-order valence-electron chi connectivity index (χ2n) is 8.98. The van der Waals surface area contributed by atoms with Crippen molar-refractivity contribution in [3.05, 3.63) is 46.6 Å². The number of ether oxygens (including phenoxy) is 2. The van der Waals surface area contributed by atoms with E-state index in [1.165, 1.54) is 49.6 Å². The summed E-state index contributed by atoms with van der Waals surface area (Å²) >= 11 is 0. The molecule has 1 aromatic carbocycles. The maximum atomic E-state index is 13.0. The molecule has 4 aliphatic carbocycles. The summed E-state index contributed by atoms with van der Waals surface area (Å²) in [5.41, 5.74) is -0.751. The van der Waals surface area contributed by atoms with E-state index < -0.39 is 5.69 Å². The minimum atomic E-state index is -0.661. The molecule has 0 aliphatic heterocycles. The second kappa shape index (κ2) is 7.41. The van der Waals surface area contributed by atoms with Crippen LogP contribution in [0.3, 0.4) is 0 Å². The van der Waals surface area contributed by atoms with E-state index in [1.807, 2.05) is 0 Å². The maximum absolute atomic E-state index is 13.0. The third-order valence-electron chi connectivity index (χ3n) is 6.53. The van der Waals surface area contributed by atoms with Gasteiger partial charge in [-0.1, -0.05) is 0 Å². The summed E-state index contributed by atoms with van der Waals surface area (Å²) < 4.78 is 24.0. The highest BCUT2D eigenvalue weighted by Gasteiger charge is 2.51. The number of amides is 1. The van der Waals surface area contributed by atoms with E-state index in [9.17, 15) is 14.0 Å². The smallest absolute Gasteiger partial charge is 0.351 e. The van der Waals surface area contributed by atoms with Crippen LogP contribution in [0, 0.1) is 23.6 Å². The normalized spacial score (nSPS) is 28.9. The van der Waals surface area contributed by atoms with Crippen LogP contribution in [0.2, 0.25) is 0 Å². The molecule has 30 heavy (non-hydrogen) atoms. The first-order valence-corrected chi connectivity index (χ1v) is 10.4. The van der Waals surface area contributed by atoms with Crippen LogP contribution in [0.15, 0.2) is 35.1 Å². The molecule has 8 heteroatoms. The number of halogens is 1. The van der Waals surface area contributed by atoms with Gasteiger partial charge in [0, 0.05) is 5.54 Å². The average Bonchev–Trinajstić information content (AvgIpc) is 2.66. The number of nitrogens with one attached hydrogen (secondary N) is 2. The van der Waals surface area contributed by atoms with Crippen molar-refractivity contribution in [2.24, 2.45) is 17.8 Å². The summed E-state index contributed by atoms with van der Waals surface area (Å²) in [6, 6.07) is 6.77. The number of benzene rings is 1. The van der Waals surface area contributed by atoms with Gasteiger partial charge < -0.3 is 14.8 Å². The van der Waals surface area contributed by atoms with Crippen molar-refractivity contribution < 1.29 is 18.7 Å². The highest BCUT2D eigenvalue weighted by molar-refractivity contribution is 5.78. The third-order valence-corrected chi connectivity index (χ3v) is 6.53. The number of rotatable bonds is 6. The Hall–Kier alpha value is -2.90. The van der Waals surface area contributed by atoms with Crippen molar-refractivity contribution in [3.63, 3.8) is 0 Å². The lowest BCUT2D eigenvalue weighted by Gasteiger charge is -2.56. The fraction of sp³-hybridized carbons (Fsp3) is 0.500. The monoisotopic (exact) mass is 413 g/mol. The lowest BCUT2D eigenvalue weighted by Crippen LogP contribution is -2.60. The van der Waals surface area contributed by atoms with E-state index in [2.05, 4.69) is 15.3 Å². The van der Waals surface area contributed by atoms with Crippen LogP contribution in [0.5, 0.6) is 17.5 Å². The molecule has 0 radical (unpaired) electrons. The Balaban J connectivity index is 1.21. The number of H-pyrrole nitrogens is 1. The lowest BCUT2D eigenvalue weighted by atomic mass is 9.53. The van der Waals surface area contributed by atoms with Crippen LogP contribution in [0.1, 0.15) is 38.5 Å². The summed E-state index contributed by atoms with van der Waals surface area (Å²) in [7, 11) is 0. The molecule has 1 aromatic heterocycles. The Morgan fingerprint density at radius 3 is 2.40 bits per heavy atom. The van der Waals surface area contributed by atoms with Crippen molar-refractivity contribution in [2.45, 2.75) is 44.1 Å². The number of aromatic nitrogens is 2. The van der Waals surface area contributed by atoms with Gasteiger partial charge in [0.1, 0.15) is 11.6 Å². The maximum Gasteiger partial charge on any atom is 0.351 e. The summed E-state index contributed by atoms with van der Waals surface area (Å²) in [5, 5.41) is 3.22. The number of nitrogens with zero attached hydrogens (tertiary/aromatic N) is 1. The Labute approximate surface area is 173 Å². The van der Waals surface area contributed by atoms with Gasteiger partial charge in [0.25, 0.3) is 5.91 Å². The average molecular weight is 413 g/mol. The zero-order valence-electron chi connectivity index (χ0n) is 16.5. The van der Waals surface area contributed by atoms with Crippen molar-refractivity contribution in [1.82, 2.24) is 15.3 Å². The van der Waals surface area contributed by atoms with Gasteiger partial charge in [0.2, 0.25) is 11.8 Å².